The van der Waals surface area contributed by atoms with Gasteiger partial charge >= 0.3 is 5.69 Å². The van der Waals surface area contributed by atoms with Crippen LogP contribution >= 0.6 is 11.8 Å². The van der Waals surface area contributed by atoms with Crippen LogP contribution in [0.3, 0.4) is 0 Å². The van der Waals surface area contributed by atoms with E-state index in [2.05, 4.69) is 10.2 Å². The molecule has 1 saturated heterocycles. The van der Waals surface area contributed by atoms with Crippen molar-refractivity contribution in [2.24, 2.45) is 0 Å². The van der Waals surface area contributed by atoms with Crippen LogP contribution in [0, 0.1) is 0 Å². The summed E-state index contributed by atoms with van der Waals surface area (Å²) in [7, 11) is -3.53. The van der Waals surface area contributed by atoms with Gasteiger partial charge in [0.05, 0.1) is 4.90 Å². The maximum Gasteiger partial charge on any atom is 0.347 e. The van der Waals surface area contributed by atoms with E-state index in [1.54, 1.807) is 11.8 Å². The van der Waals surface area contributed by atoms with Crippen LogP contribution in [0.25, 0.3) is 5.65 Å². The lowest BCUT2D eigenvalue weighted by Crippen LogP contribution is -2.38. The first-order valence-corrected chi connectivity index (χ1v) is 8.33. The van der Waals surface area contributed by atoms with Crippen LogP contribution < -0.4 is 5.69 Å². The van der Waals surface area contributed by atoms with E-state index < -0.39 is 15.7 Å². The van der Waals surface area contributed by atoms with Crippen molar-refractivity contribution in [3.05, 3.63) is 28.8 Å². The van der Waals surface area contributed by atoms with E-state index in [1.807, 2.05) is 0 Å². The average Bonchev–Trinajstić information content (AvgIpc) is 2.81. The molecule has 1 aliphatic rings. The van der Waals surface area contributed by atoms with Gasteiger partial charge in [0.1, 0.15) is 0 Å². The molecule has 1 fully saturated rings. The monoisotopic (exact) mass is 300 g/mol. The van der Waals surface area contributed by atoms with Crippen molar-refractivity contribution < 1.29 is 8.42 Å². The smallest absolute Gasteiger partial charge is 0.249 e. The average molecular weight is 300 g/mol. The number of thioether (sulfide) groups is 1. The highest BCUT2D eigenvalue weighted by Gasteiger charge is 2.26. The molecular formula is C10H12N4O3S2. The molecule has 3 rings (SSSR count). The number of sulfonamides is 1. The number of nitrogens with zero attached hydrogens (tertiary/aromatic N) is 3. The third kappa shape index (κ3) is 2.17. The van der Waals surface area contributed by atoms with Gasteiger partial charge < -0.3 is 0 Å². The van der Waals surface area contributed by atoms with Crippen LogP contribution in [-0.2, 0) is 10.0 Å². The Hall–Kier alpha value is -1.32. The number of fused-ring (bicyclic) bond motifs is 1. The molecule has 9 heteroatoms. The van der Waals surface area contributed by atoms with Crippen LogP contribution in [0.5, 0.6) is 0 Å². The zero-order valence-corrected chi connectivity index (χ0v) is 11.6. The molecule has 1 aliphatic heterocycles. The van der Waals surface area contributed by atoms with Crippen molar-refractivity contribution in [2.75, 3.05) is 24.6 Å². The fourth-order valence-electron chi connectivity index (χ4n) is 1.97. The zero-order valence-electron chi connectivity index (χ0n) is 9.94. The fraction of sp³-hybridized carbons (Fsp3) is 0.400. The van der Waals surface area contributed by atoms with Gasteiger partial charge in [-0.25, -0.2) is 22.7 Å². The summed E-state index contributed by atoms with van der Waals surface area (Å²) in [6.45, 7) is 1.01. The van der Waals surface area contributed by atoms with Gasteiger partial charge in [-0.1, -0.05) is 0 Å². The van der Waals surface area contributed by atoms with E-state index in [0.717, 1.165) is 11.5 Å². The highest BCUT2D eigenvalue weighted by atomic mass is 32.2. The molecule has 0 amide bonds. The minimum atomic E-state index is -3.53. The van der Waals surface area contributed by atoms with E-state index in [-0.39, 0.29) is 4.90 Å². The minimum absolute atomic E-state index is 0.121. The molecule has 19 heavy (non-hydrogen) atoms. The zero-order chi connectivity index (χ0) is 13.5. The number of hydrogen-bond acceptors (Lipinski definition) is 5. The van der Waals surface area contributed by atoms with Crippen LogP contribution in [0.2, 0.25) is 0 Å². The highest BCUT2D eigenvalue weighted by molar-refractivity contribution is 7.99. The normalized spacial score (nSPS) is 17.9. The topological polar surface area (TPSA) is 87.5 Å². The lowest BCUT2D eigenvalue weighted by molar-refractivity contribution is 0.443. The van der Waals surface area contributed by atoms with Crippen molar-refractivity contribution in [2.45, 2.75) is 4.90 Å². The van der Waals surface area contributed by atoms with Crippen molar-refractivity contribution in [3.8, 4) is 0 Å². The van der Waals surface area contributed by atoms with Gasteiger partial charge in [-0.3, -0.25) is 0 Å². The Kier molecular flexibility index (Phi) is 3.11. The van der Waals surface area contributed by atoms with Crippen molar-refractivity contribution in [1.82, 2.24) is 18.9 Å². The summed E-state index contributed by atoms with van der Waals surface area (Å²) in [5.74, 6) is 1.60. The molecule has 0 aromatic carbocycles. The highest BCUT2D eigenvalue weighted by Crippen LogP contribution is 2.19. The molecule has 0 radical (unpaired) electrons. The Bertz CT molecular complexity index is 758. The summed E-state index contributed by atoms with van der Waals surface area (Å²) in [6.07, 6.45) is 1.32. The summed E-state index contributed by atoms with van der Waals surface area (Å²) in [4.78, 5) is 11.6. The maximum absolute atomic E-state index is 12.4. The van der Waals surface area contributed by atoms with Crippen LogP contribution in [0.15, 0.2) is 28.0 Å². The standard InChI is InChI=1S/C10H12N4O3S2/c15-10-12-11-9-2-1-8(7-14(9)10)19(16,17)13-3-5-18-6-4-13/h1-2,7H,3-6H2,(H,12,15). The summed E-state index contributed by atoms with van der Waals surface area (Å²) in [5, 5.41) is 6.05. The predicted molar refractivity (Wildman–Crippen MR) is 71.9 cm³/mol. The molecule has 0 saturated carbocycles. The molecule has 0 aliphatic carbocycles. The van der Waals surface area contributed by atoms with Gasteiger partial charge in [0, 0.05) is 30.8 Å². The Morgan fingerprint density at radius 1 is 1.26 bits per heavy atom. The number of aromatic amines is 1. The lowest BCUT2D eigenvalue weighted by atomic mass is 10.5. The van der Waals surface area contributed by atoms with E-state index in [1.165, 1.54) is 27.0 Å². The van der Waals surface area contributed by atoms with Crippen molar-refractivity contribution in [3.63, 3.8) is 0 Å². The van der Waals surface area contributed by atoms with Gasteiger partial charge in [0.25, 0.3) is 0 Å². The Morgan fingerprint density at radius 2 is 2.00 bits per heavy atom. The van der Waals surface area contributed by atoms with E-state index >= 15 is 0 Å². The second-order valence-corrected chi connectivity index (χ2v) is 7.30. The van der Waals surface area contributed by atoms with Crippen molar-refractivity contribution >= 4 is 27.4 Å². The predicted octanol–water partition coefficient (Wildman–Crippen LogP) is -0.240. The largest absolute Gasteiger partial charge is 0.347 e. The number of H-pyrrole nitrogens is 1. The molecule has 3 heterocycles. The Labute approximate surface area is 113 Å². The molecule has 2 aromatic rings. The number of hydrogen-bond donors (Lipinski definition) is 1. The summed E-state index contributed by atoms with van der Waals surface area (Å²) in [6, 6.07) is 3.00. The third-order valence-corrected chi connectivity index (χ3v) is 5.82. The number of aromatic nitrogens is 3. The molecule has 1 N–H and O–H groups in total. The maximum atomic E-state index is 12.4. The number of nitrogens with one attached hydrogen (secondary N) is 1. The van der Waals surface area contributed by atoms with Gasteiger partial charge in [-0.2, -0.15) is 21.2 Å². The minimum Gasteiger partial charge on any atom is -0.249 e. The first-order valence-electron chi connectivity index (χ1n) is 5.74. The first kappa shape index (κ1) is 12.7. The molecule has 7 nitrogen and oxygen atoms in total. The molecule has 0 bridgehead atoms. The summed E-state index contributed by atoms with van der Waals surface area (Å²) < 4.78 is 27.5. The van der Waals surface area contributed by atoms with Gasteiger partial charge in [-0.05, 0) is 12.1 Å². The van der Waals surface area contributed by atoms with Crippen LogP contribution in [0.1, 0.15) is 0 Å². The molecule has 0 unspecified atom stereocenters. The summed E-state index contributed by atoms with van der Waals surface area (Å²) >= 11 is 1.74. The lowest BCUT2D eigenvalue weighted by Gasteiger charge is -2.25. The molecule has 2 aromatic heterocycles. The third-order valence-electron chi connectivity index (χ3n) is 2.99. The van der Waals surface area contributed by atoms with E-state index in [9.17, 15) is 13.2 Å². The quantitative estimate of drug-likeness (QED) is 0.827. The molecular weight excluding hydrogens is 288 g/mol. The van der Waals surface area contributed by atoms with Gasteiger partial charge in [-0.15, -0.1) is 0 Å². The first-order chi connectivity index (χ1) is 9.09. The number of pyridine rings is 1. The van der Waals surface area contributed by atoms with Crippen molar-refractivity contribution in [1.29, 1.82) is 0 Å². The Morgan fingerprint density at radius 3 is 2.74 bits per heavy atom. The van der Waals surface area contributed by atoms with Gasteiger partial charge in [0.15, 0.2) is 5.65 Å². The van der Waals surface area contributed by atoms with E-state index in [4.69, 9.17) is 0 Å². The van der Waals surface area contributed by atoms with Gasteiger partial charge in [0.2, 0.25) is 10.0 Å². The SMILES string of the molecule is O=c1[nH]nc2ccc(S(=O)(=O)N3CCSCC3)cn12. The van der Waals surface area contributed by atoms with Crippen LogP contribution in [0.4, 0.5) is 0 Å². The molecule has 0 atom stereocenters. The number of rotatable bonds is 2. The second-order valence-electron chi connectivity index (χ2n) is 4.14. The van der Waals surface area contributed by atoms with Crippen LogP contribution in [-0.4, -0.2) is 51.9 Å². The molecule has 102 valence electrons. The Balaban J connectivity index is 2.07. The van der Waals surface area contributed by atoms with E-state index in [0.29, 0.717) is 18.7 Å². The summed E-state index contributed by atoms with van der Waals surface area (Å²) in [5.41, 5.74) is -0.0422. The molecule has 0 spiro atoms. The fourth-order valence-corrected chi connectivity index (χ4v) is 4.55. The second kappa shape index (κ2) is 4.66.